The molecule has 2 rings (SSSR count). The molecule has 0 spiro atoms. The molecular formula is C16H22Cl2N2O2. The number of carbonyl (C=O) groups excluding carboxylic acids is 1. The topological polar surface area (TPSA) is 50.4 Å². The fraction of sp³-hybridized carbons (Fsp3) is 0.562. The maximum Gasteiger partial charge on any atom is 0.223 e. The average molecular weight is 345 g/mol. The Morgan fingerprint density at radius 1 is 1.45 bits per heavy atom. The first-order valence-corrected chi connectivity index (χ1v) is 8.41. The number of ether oxygens (including phenoxy) is 1. The van der Waals surface area contributed by atoms with Crippen LogP contribution in [0.2, 0.25) is 10.0 Å². The minimum Gasteiger partial charge on any atom is -0.492 e. The van der Waals surface area contributed by atoms with Crippen LogP contribution in [-0.2, 0) is 4.79 Å². The van der Waals surface area contributed by atoms with E-state index in [0.717, 1.165) is 25.8 Å². The Morgan fingerprint density at radius 3 is 3.00 bits per heavy atom. The quantitative estimate of drug-likeness (QED) is 0.778. The van der Waals surface area contributed by atoms with Gasteiger partial charge in [0, 0.05) is 23.5 Å². The lowest BCUT2D eigenvalue weighted by Crippen LogP contribution is -2.42. The van der Waals surface area contributed by atoms with E-state index in [0.29, 0.717) is 35.0 Å². The molecule has 1 aliphatic rings. The fourth-order valence-electron chi connectivity index (χ4n) is 2.57. The lowest BCUT2D eigenvalue weighted by Gasteiger charge is -2.27. The molecule has 1 aromatic carbocycles. The predicted octanol–water partition coefficient (Wildman–Crippen LogP) is 3.27. The van der Waals surface area contributed by atoms with Gasteiger partial charge in [-0.1, -0.05) is 23.2 Å². The van der Waals surface area contributed by atoms with Crippen LogP contribution < -0.4 is 15.4 Å². The highest BCUT2D eigenvalue weighted by atomic mass is 35.5. The Labute approximate surface area is 141 Å². The summed E-state index contributed by atoms with van der Waals surface area (Å²) in [5.74, 6) is 0.894. The molecule has 1 saturated heterocycles. The van der Waals surface area contributed by atoms with Crippen molar-refractivity contribution >= 4 is 29.1 Å². The Balaban J connectivity index is 1.63. The van der Waals surface area contributed by atoms with Crippen molar-refractivity contribution in [2.45, 2.75) is 32.2 Å². The van der Waals surface area contributed by atoms with Gasteiger partial charge in [0.05, 0.1) is 11.6 Å². The minimum atomic E-state index is 0.128. The van der Waals surface area contributed by atoms with Gasteiger partial charge < -0.3 is 15.4 Å². The third kappa shape index (κ3) is 5.34. The third-order valence-corrected chi connectivity index (χ3v) is 4.30. The number of hydrogen-bond acceptors (Lipinski definition) is 3. The van der Waals surface area contributed by atoms with Gasteiger partial charge in [-0.25, -0.2) is 0 Å². The zero-order valence-corrected chi connectivity index (χ0v) is 14.2. The zero-order chi connectivity index (χ0) is 15.9. The first-order valence-electron chi connectivity index (χ1n) is 7.65. The van der Waals surface area contributed by atoms with Crippen LogP contribution in [0.4, 0.5) is 0 Å². The molecule has 0 aliphatic carbocycles. The standard InChI is InChI=1S/C16H22Cl2N2O2/c1-11-9-12(5-7-19-11)16(21)20-6-2-8-22-15-4-3-13(17)10-14(15)18/h3-4,10-12,19H,2,5-9H2,1H3,(H,20,21)/t11-,12-/m0/s1. The van der Waals surface area contributed by atoms with Gasteiger partial charge in [0.2, 0.25) is 5.91 Å². The van der Waals surface area contributed by atoms with Crippen LogP contribution in [0.1, 0.15) is 26.2 Å². The summed E-state index contributed by atoms with van der Waals surface area (Å²) in [6.07, 6.45) is 2.56. The lowest BCUT2D eigenvalue weighted by molar-refractivity contribution is -0.126. The lowest BCUT2D eigenvalue weighted by atomic mass is 9.92. The molecule has 4 nitrogen and oxygen atoms in total. The molecule has 1 heterocycles. The Bertz CT molecular complexity index is 511. The number of carbonyl (C=O) groups is 1. The van der Waals surface area contributed by atoms with Crippen molar-refractivity contribution in [2.75, 3.05) is 19.7 Å². The largest absolute Gasteiger partial charge is 0.492 e. The number of amides is 1. The van der Waals surface area contributed by atoms with Crippen LogP contribution >= 0.6 is 23.2 Å². The van der Waals surface area contributed by atoms with E-state index in [1.165, 1.54) is 0 Å². The van der Waals surface area contributed by atoms with Gasteiger partial charge in [0.1, 0.15) is 5.75 Å². The molecule has 0 radical (unpaired) electrons. The van der Waals surface area contributed by atoms with Crippen LogP contribution in [-0.4, -0.2) is 31.6 Å². The van der Waals surface area contributed by atoms with E-state index >= 15 is 0 Å². The summed E-state index contributed by atoms with van der Waals surface area (Å²) in [5, 5.41) is 7.42. The van der Waals surface area contributed by atoms with Crippen LogP contribution in [0.3, 0.4) is 0 Å². The number of benzene rings is 1. The monoisotopic (exact) mass is 344 g/mol. The molecule has 1 aromatic rings. The van der Waals surface area contributed by atoms with E-state index in [1.54, 1.807) is 18.2 Å². The Kier molecular flexibility index (Phi) is 6.80. The van der Waals surface area contributed by atoms with Crippen LogP contribution in [0.25, 0.3) is 0 Å². The molecule has 122 valence electrons. The second-order valence-electron chi connectivity index (χ2n) is 5.64. The number of halogens is 2. The minimum absolute atomic E-state index is 0.128. The molecule has 0 bridgehead atoms. The first kappa shape index (κ1) is 17.4. The van der Waals surface area contributed by atoms with Gasteiger partial charge in [0.25, 0.3) is 0 Å². The Hall–Kier alpha value is -0.970. The molecule has 2 atom stereocenters. The summed E-state index contributed by atoms with van der Waals surface area (Å²) in [5.41, 5.74) is 0. The van der Waals surface area contributed by atoms with Crippen molar-refractivity contribution in [3.05, 3.63) is 28.2 Å². The molecule has 0 aromatic heterocycles. The summed E-state index contributed by atoms with van der Waals surface area (Å²) in [4.78, 5) is 12.1. The number of nitrogens with one attached hydrogen (secondary N) is 2. The molecule has 0 saturated carbocycles. The summed E-state index contributed by atoms with van der Waals surface area (Å²) in [6.45, 7) is 4.15. The normalized spacial score (nSPS) is 21.4. The Morgan fingerprint density at radius 2 is 2.27 bits per heavy atom. The van der Waals surface area contributed by atoms with E-state index < -0.39 is 0 Å². The van der Waals surface area contributed by atoms with E-state index in [1.807, 2.05) is 0 Å². The van der Waals surface area contributed by atoms with Crippen molar-refractivity contribution in [2.24, 2.45) is 5.92 Å². The van der Waals surface area contributed by atoms with Crippen LogP contribution in [0, 0.1) is 5.92 Å². The SMILES string of the molecule is C[C@H]1C[C@@H](C(=O)NCCCOc2ccc(Cl)cc2Cl)CCN1. The predicted molar refractivity (Wildman–Crippen MR) is 89.8 cm³/mol. The third-order valence-electron chi connectivity index (χ3n) is 3.77. The van der Waals surface area contributed by atoms with Crippen LogP contribution in [0.5, 0.6) is 5.75 Å². The second kappa shape index (κ2) is 8.61. The van der Waals surface area contributed by atoms with Crippen molar-refractivity contribution in [3.63, 3.8) is 0 Å². The summed E-state index contributed by atoms with van der Waals surface area (Å²) in [6, 6.07) is 5.56. The van der Waals surface area contributed by atoms with Gasteiger partial charge in [-0.3, -0.25) is 4.79 Å². The molecule has 6 heteroatoms. The molecule has 1 amide bonds. The van der Waals surface area contributed by atoms with Gasteiger partial charge in [-0.15, -0.1) is 0 Å². The number of rotatable bonds is 6. The summed E-state index contributed by atoms with van der Waals surface area (Å²) < 4.78 is 5.58. The van der Waals surface area contributed by atoms with Crippen molar-refractivity contribution in [1.29, 1.82) is 0 Å². The molecule has 22 heavy (non-hydrogen) atoms. The van der Waals surface area contributed by atoms with E-state index in [-0.39, 0.29) is 11.8 Å². The molecule has 1 fully saturated rings. The molecule has 2 N–H and O–H groups in total. The van der Waals surface area contributed by atoms with Crippen LogP contribution in [0.15, 0.2) is 18.2 Å². The van der Waals surface area contributed by atoms with Gasteiger partial charge in [0.15, 0.2) is 0 Å². The van der Waals surface area contributed by atoms with Crippen molar-refractivity contribution in [3.8, 4) is 5.75 Å². The first-order chi connectivity index (χ1) is 10.6. The molecular weight excluding hydrogens is 323 g/mol. The van der Waals surface area contributed by atoms with E-state index in [9.17, 15) is 4.79 Å². The van der Waals surface area contributed by atoms with E-state index in [2.05, 4.69) is 17.6 Å². The van der Waals surface area contributed by atoms with Gasteiger partial charge >= 0.3 is 0 Å². The van der Waals surface area contributed by atoms with Crippen molar-refractivity contribution < 1.29 is 9.53 Å². The highest BCUT2D eigenvalue weighted by molar-refractivity contribution is 6.35. The second-order valence-corrected chi connectivity index (χ2v) is 6.49. The number of hydrogen-bond donors (Lipinski definition) is 2. The van der Waals surface area contributed by atoms with Gasteiger partial charge in [-0.05, 0) is 50.9 Å². The highest BCUT2D eigenvalue weighted by Crippen LogP contribution is 2.27. The molecule has 1 aliphatic heterocycles. The summed E-state index contributed by atoms with van der Waals surface area (Å²) in [7, 11) is 0. The molecule has 0 unspecified atom stereocenters. The zero-order valence-electron chi connectivity index (χ0n) is 12.7. The van der Waals surface area contributed by atoms with Crippen molar-refractivity contribution in [1.82, 2.24) is 10.6 Å². The van der Waals surface area contributed by atoms with Gasteiger partial charge in [-0.2, -0.15) is 0 Å². The maximum atomic E-state index is 12.1. The van der Waals surface area contributed by atoms with E-state index in [4.69, 9.17) is 27.9 Å². The number of piperidine rings is 1. The maximum absolute atomic E-state index is 12.1. The summed E-state index contributed by atoms with van der Waals surface area (Å²) >= 11 is 11.9. The smallest absolute Gasteiger partial charge is 0.223 e. The fourth-order valence-corrected chi connectivity index (χ4v) is 3.04. The highest BCUT2D eigenvalue weighted by Gasteiger charge is 2.24. The average Bonchev–Trinajstić information content (AvgIpc) is 2.48.